The summed E-state index contributed by atoms with van der Waals surface area (Å²) in [5, 5.41) is 10.8. The summed E-state index contributed by atoms with van der Waals surface area (Å²) in [6.07, 6.45) is 0. The van der Waals surface area contributed by atoms with E-state index in [0.29, 0.717) is 16.5 Å². The van der Waals surface area contributed by atoms with Crippen molar-refractivity contribution in [1.82, 2.24) is 4.57 Å². The lowest BCUT2D eigenvalue weighted by atomic mass is 10.1. The SMILES string of the molecule is O=c1oc2c(c(O)c1Br)c(=O)n(Cc1ccc(F)cc1)c1ccccc21. The molecule has 0 aliphatic rings. The summed E-state index contributed by atoms with van der Waals surface area (Å²) in [7, 11) is 0. The first-order chi connectivity index (χ1) is 12.5. The molecule has 26 heavy (non-hydrogen) atoms. The number of aromatic nitrogens is 1. The highest BCUT2D eigenvalue weighted by Crippen LogP contribution is 2.31. The maximum atomic E-state index is 13.2. The minimum atomic E-state index is -0.768. The average Bonchev–Trinajstić information content (AvgIpc) is 2.64. The van der Waals surface area contributed by atoms with Crippen molar-refractivity contribution in [1.29, 1.82) is 0 Å². The number of nitrogens with zero attached hydrogens (tertiary/aromatic N) is 1. The van der Waals surface area contributed by atoms with Crippen LogP contribution in [0.3, 0.4) is 0 Å². The molecule has 0 unspecified atom stereocenters. The highest BCUT2D eigenvalue weighted by molar-refractivity contribution is 9.10. The Morgan fingerprint density at radius 1 is 1.08 bits per heavy atom. The van der Waals surface area contributed by atoms with Crippen molar-refractivity contribution in [2.75, 3.05) is 0 Å². The molecule has 2 heterocycles. The second-order valence-electron chi connectivity index (χ2n) is 5.79. The maximum Gasteiger partial charge on any atom is 0.354 e. The number of halogens is 2. The van der Waals surface area contributed by atoms with Gasteiger partial charge in [0.2, 0.25) is 0 Å². The van der Waals surface area contributed by atoms with E-state index in [1.807, 2.05) is 0 Å². The Kier molecular flexibility index (Phi) is 3.88. The van der Waals surface area contributed by atoms with Gasteiger partial charge in [-0.1, -0.05) is 24.3 Å². The molecule has 0 radical (unpaired) electrons. The summed E-state index contributed by atoms with van der Waals surface area (Å²) in [5.74, 6) is -0.826. The fraction of sp³-hybridized carbons (Fsp3) is 0.0526. The molecule has 0 saturated carbocycles. The number of para-hydroxylation sites is 1. The van der Waals surface area contributed by atoms with E-state index in [-0.39, 0.29) is 27.8 Å². The predicted molar refractivity (Wildman–Crippen MR) is 99.1 cm³/mol. The fourth-order valence-electron chi connectivity index (χ4n) is 2.97. The highest BCUT2D eigenvalue weighted by atomic mass is 79.9. The molecule has 0 amide bonds. The van der Waals surface area contributed by atoms with Crippen molar-refractivity contribution < 1.29 is 13.9 Å². The number of aromatic hydroxyl groups is 1. The van der Waals surface area contributed by atoms with Gasteiger partial charge in [-0.3, -0.25) is 4.79 Å². The van der Waals surface area contributed by atoms with Crippen LogP contribution in [0.2, 0.25) is 0 Å². The van der Waals surface area contributed by atoms with Gasteiger partial charge >= 0.3 is 5.63 Å². The second kappa shape index (κ2) is 6.10. The van der Waals surface area contributed by atoms with Gasteiger partial charge in [-0.2, -0.15) is 0 Å². The third kappa shape index (κ3) is 2.52. The van der Waals surface area contributed by atoms with E-state index in [1.54, 1.807) is 36.4 Å². The number of pyridine rings is 1. The van der Waals surface area contributed by atoms with E-state index in [2.05, 4.69) is 15.9 Å². The predicted octanol–water partition coefficient (Wildman–Crippen LogP) is 3.76. The minimum absolute atomic E-state index is 0.0339. The molecule has 5 nitrogen and oxygen atoms in total. The minimum Gasteiger partial charge on any atom is -0.506 e. The lowest BCUT2D eigenvalue weighted by molar-refractivity contribution is 0.462. The Morgan fingerprint density at radius 3 is 2.50 bits per heavy atom. The molecule has 1 N–H and O–H groups in total. The largest absolute Gasteiger partial charge is 0.506 e. The molecule has 4 aromatic rings. The number of benzene rings is 2. The topological polar surface area (TPSA) is 72.4 Å². The molecule has 2 aromatic heterocycles. The number of hydrogen-bond acceptors (Lipinski definition) is 4. The van der Waals surface area contributed by atoms with E-state index < -0.39 is 16.9 Å². The Hall–Kier alpha value is -2.93. The summed E-state index contributed by atoms with van der Waals surface area (Å²) in [5.41, 5.74) is 0.0145. The summed E-state index contributed by atoms with van der Waals surface area (Å²) in [4.78, 5) is 24.9. The third-order valence-electron chi connectivity index (χ3n) is 4.20. The molecule has 130 valence electrons. The van der Waals surface area contributed by atoms with Gasteiger partial charge in [-0.15, -0.1) is 0 Å². The van der Waals surface area contributed by atoms with Gasteiger partial charge in [0.1, 0.15) is 15.7 Å². The molecular weight excluding hydrogens is 405 g/mol. The van der Waals surface area contributed by atoms with E-state index in [1.165, 1.54) is 16.7 Å². The van der Waals surface area contributed by atoms with Crippen LogP contribution < -0.4 is 11.2 Å². The van der Waals surface area contributed by atoms with Crippen LogP contribution in [0.1, 0.15) is 5.56 Å². The third-order valence-corrected chi connectivity index (χ3v) is 4.90. The van der Waals surface area contributed by atoms with Gasteiger partial charge in [0.05, 0.1) is 12.1 Å². The van der Waals surface area contributed by atoms with Gasteiger partial charge in [-0.25, -0.2) is 9.18 Å². The van der Waals surface area contributed by atoms with Crippen LogP contribution in [0.4, 0.5) is 4.39 Å². The Morgan fingerprint density at radius 2 is 1.77 bits per heavy atom. The molecule has 0 bridgehead atoms. The lowest BCUT2D eigenvalue weighted by Gasteiger charge is -2.13. The zero-order valence-corrected chi connectivity index (χ0v) is 14.8. The standard InChI is InChI=1S/C19H11BrFNO4/c20-15-16(23)14-17(26-19(15)25)12-3-1-2-4-13(12)22(18(14)24)9-10-5-7-11(21)8-6-10/h1-8,23H,9H2. The zero-order valence-electron chi connectivity index (χ0n) is 13.2. The summed E-state index contributed by atoms with van der Waals surface area (Å²) >= 11 is 2.95. The Balaban J connectivity index is 2.11. The summed E-state index contributed by atoms with van der Waals surface area (Å²) in [6.45, 7) is 0.172. The molecule has 0 aliphatic heterocycles. The number of hydrogen-bond donors (Lipinski definition) is 1. The highest BCUT2D eigenvalue weighted by Gasteiger charge is 2.20. The van der Waals surface area contributed by atoms with Crippen LogP contribution in [-0.2, 0) is 6.54 Å². The quantitative estimate of drug-likeness (QED) is 0.505. The monoisotopic (exact) mass is 415 g/mol. The Labute approximate surface area is 154 Å². The van der Waals surface area contributed by atoms with Crippen LogP contribution in [0, 0.1) is 5.82 Å². The van der Waals surface area contributed by atoms with Crippen molar-refractivity contribution in [2.24, 2.45) is 0 Å². The zero-order chi connectivity index (χ0) is 18.4. The fourth-order valence-corrected chi connectivity index (χ4v) is 3.24. The first-order valence-electron chi connectivity index (χ1n) is 7.68. The average molecular weight is 416 g/mol. The van der Waals surface area contributed by atoms with Gasteiger partial charge in [0.15, 0.2) is 11.3 Å². The van der Waals surface area contributed by atoms with E-state index in [4.69, 9.17) is 4.42 Å². The summed E-state index contributed by atoms with van der Waals surface area (Å²) in [6, 6.07) is 12.7. The maximum absolute atomic E-state index is 13.2. The number of fused-ring (bicyclic) bond motifs is 3. The molecule has 0 aliphatic carbocycles. The van der Waals surface area contributed by atoms with Crippen LogP contribution in [0.25, 0.3) is 21.9 Å². The molecule has 0 saturated heterocycles. The molecular formula is C19H11BrFNO4. The van der Waals surface area contributed by atoms with E-state index in [9.17, 15) is 19.1 Å². The van der Waals surface area contributed by atoms with E-state index >= 15 is 0 Å². The van der Waals surface area contributed by atoms with Gasteiger partial charge < -0.3 is 14.1 Å². The smallest absolute Gasteiger partial charge is 0.354 e. The summed E-state index contributed by atoms with van der Waals surface area (Å²) < 4.78 is 19.7. The van der Waals surface area contributed by atoms with Crippen LogP contribution in [0.15, 0.2) is 67.0 Å². The Bertz CT molecular complexity index is 1280. The molecule has 0 spiro atoms. The van der Waals surface area contributed by atoms with Crippen molar-refractivity contribution in [3.63, 3.8) is 0 Å². The van der Waals surface area contributed by atoms with Crippen LogP contribution in [0.5, 0.6) is 5.75 Å². The van der Waals surface area contributed by atoms with Crippen molar-refractivity contribution in [3.8, 4) is 5.75 Å². The lowest BCUT2D eigenvalue weighted by Crippen LogP contribution is -2.22. The van der Waals surface area contributed by atoms with Crippen molar-refractivity contribution in [3.05, 3.63) is 85.2 Å². The van der Waals surface area contributed by atoms with Crippen LogP contribution >= 0.6 is 15.9 Å². The molecule has 2 aromatic carbocycles. The molecule has 0 atom stereocenters. The normalized spacial score (nSPS) is 11.3. The molecule has 7 heteroatoms. The number of rotatable bonds is 2. The first kappa shape index (κ1) is 16.5. The second-order valence-corrected chi connectivity index (χ2v) is 6.58. The molecule has 4 rings (SSSR count). The van der Waals surface area contributed by atoms with Gasteiger partial charge in [0, 0.05) is 5.39 Å². The van der Waals surface area contributed by atoms with Crippen molar-refractivity contribution >= 4 is 37.8 Å². The van der Waals surface area contributed by atoms with Crippen molar-refractivity contribution in [2.45, 2.75) is 6.54 Å². The van der Waals surface area contributed by atoms with E-state index in [0.717, 1.165) is 0 Å². The van der Waals surface area contributed by atoms with Gasteiger partial charge in [-0.05, 0) is 45.8 Å². The van der Waals surface area contributed by atoms with Crippen LogP contribution in [-0.4, -0.2) is 9.67 Å². The first-order valence-corrected chi connectivity index (χ1v) is 8.48. The molecule has 0 fully saturated rings. The van der Waals surface area contributed by atoms with Gasteiger partial charge in [0.25, 0.3) is 5.56 Å².